The van der Waals surface area contributed by atoms with Gasteiger partial charge in [0, 0.05) is 18.7 Å². The molecule has 0 aliphatic rings. The van der Waals surface area contributed by atoms with Crippen LogP contribution in [0.3, 0.4) is 0 Å². The molecule has 0 aliphatic carbocycles. The molecule has 2 rings (SSSR count). The maximum Gasteiger partial charge on any atom is 0.214 e. The fourth-order valence-corrected chi connectivity index (χ4v) is 1.82. The van der Waals surface area contributed by atoms with Crippen molar-refractivity contribution >= 4 is 17.9 Å². The molecule has 1 aromatic carbocycles. The fourth-order valence-electron chi connectivity index (χ4n) is 1.67. The summed E-state index contributed by atoms with van der Waals surface area (Å²) in [4.78, 5) is 0. The molecule has 0 amide bonds. The van der Waals surface area contributed by atoms with Gasteiger partial charge in [-0.05, 0) is 43.4 Å². The standard InChI is InChI=1S/C12H17N5OS/c1-2-18-10-5-3-9(4-6-10)14-8-7-11-15-16-12(19)17(11)13/h3-6,14H,2,7-8,13H2,1H3,(H,16,19). The number of ether oxygens (including phenoxy) is 1. The number of H-pyrrole nitrogens is 1. The molecule has 6 nitrogen and oxygen atoms in total. The van der Waals surface area contributed by atoms with Crippen molar-refractivity contribution in [2.24, 2.45) is 0 Å². The van der Waals surface area contributed by atoms with E-state index in [2.05, 4.69) is 15.5 Å². The Kier molecular flexibility index (Phi) is 4.40. The van der Waals surface area contributed by atoms with E-state index in [9.17, 15) is 0 Å². The van der Waals surface area contributed by atoms with Crippen LogP contribution < -0.4 is 15.9 Å². The van der Waals surface area contributed by atoms with E-state index in [1.165, 1.54) is 4.68 Å². The van der Waals surface area contributed by atoms with Crippen LogP contribution in [0, 0.1) is 4.77 Å². The third-order valence-electron chi connectivity index (χ3n) is 2.62. The van der Waals surface area contributed by atoms with Crippen LogP contribution in [0.15, 0.2) is 24.3 Å². The summed E-state index contributed by atoms with van der Waals surface area (Å²) >= 11 is 4.94. The lowest BCUT2D eigenvalue weighted by Gasteiger charge is -2.07. The van der Waals surface area contributed by atoms with Gasteiger partial charge >= 0.3 is 0 Å². The molecule has 1 heterocycles. The van der Waals surface area contributed by atoms with E-state index < -0.39 is 0 Å². The molecule has 7 heteroatoms. The van der Waals surface area contributed by atoms with Crippen LogP contribution in [0.2, 0.25) is 0 Å². The first-order valence-corrected chi connectivity index (χ1v) is 6.49. The quantitative estimate of drug-likeness (QED) is 0.554. The van der Waals surface area contributed by atoms with Gasteiger partial charge in [-0.1, -0.05) is 0 Å². The lowest BCUT2D eigenvalue weighted by molar-refractivity contribution is 0.340. The molecule has 4 N–H and O–H groups in total. The van der Waals surface area contributed by atoms with Crippen molar-refractivity contribution in [1.29, 1.82) is 0 Å². The predicted molar refractivity (Wildman–Crippen MR) is 77.4 cm³/mol. The molecular formula is C12H17N5OS. The summed E-state index contributed by atoms with van der Waals surface area (Å²) in [6.45, 7) is 3.36. The molecule has 0 spiro atoms. The van der Waals surface area contributed by atoms with Gasteiger partial charge in [0.25, 0.3) is 0 Å². The molecule has 102 valence electrons. The Morgan fingerprint density at radius 2 is 2.16 bits per heavy atom. The summed E-state index contributed by atoms with van der Waals surface area (Å²) in [6, 6.07) is 7.82. The Morgan fingerprint density at radius 1 is 1.42 bits per heavy atom. The highest BCUT2D eigenvalue weighted by Crippen LogP contribution is 2.15. The first kappa shape index (κ1) is 13.4. The highest BCUT2D eigenvalue weighted by molar-refractivity contribution is 7.71. The van der Waals surface area contributed by atoms with Gasteiger partial charge in [0.05, 0.1) is 6.61 Å². The number of nitrogens with two attached hydrogens (primary N) is 1. The minimum Gasteiger partial charge on any atom is -0.494 e. The van der Waals surface area contributed by atoms with Gasteiger partial charge in [0.1, 0.15) is 5.75 Å². The molecule has 0 saturated carbocycles. The largest absolute Gasteiger partial charge is 0.494 e. The smallest absolute Gasteiger partial charge is 0.214 e. The SMILES string of the molecule is CCOc1ccc(NCCc2n[nH]c(=S)n2N)cc1. The summed E-state index contributed by atoms with van der Waals surface area (Å²) in [7, 11) is 0. The second-order valence-corrected chi connectivity index (χ2v) is 4.34. The van der Waals surface area contributed by atoms with E-state index >= 15 is 0 Å². The van der Waals surface area contributed by atoms with Gasteiger partial charge < -0.3 is 15.9 Å². The zero-order valence-corrected chi connectivity index (χ0v) is 11.5. The van der Waals surface area contributed by atoms with Gasteiger partial charge in [-0.3, -0.25) is 5.10 Å². The van der Waals surface area contributed by atoms with Crippen molar-refractivity contribution in [2.75, 3.05) is 24.3 Å². The Labute approximate surface area is 116 Å². The number of rotatable bonds is 6. The fraction of sp³-hybridized carbons (Fsp3) is 0.333. The van der Waals surface area contributed by atoms with Crippen LogP contribution in [0.5, 0.6) is 5.75 Å². The minimum absolute atomic E-state index is 0.427. The molecule has 1 aromatic heterocycles. The van der Waals surface area contributed by atoms with Crippen molar-refractivity contribution < 1.29 is 4.74 Å². The topological polar surface area (TPSA) is 80.9 Å². The number of nitrogen functional groups attached to an aromatic ring is 1. The van der Waals surface area contributed by atoms with Gasteiger partial charge in [-0.25, -0.2) is 4.68 Å². The maximum absolute atomic E-state index is 5.71. The van der Waals surface area contributed by atoms with Crippen molar-refractivity contribution in [3.8, 4) is 5.75 Å². The average Bonchev–Trinajstić information content (AvgIpc) is 2.73. The molecule has 0 aliphatic heterocycles. The molecule has 0 saturated heterocycles. The van der Waals surface area contributed by atoms with Crippen molar-refractivity contribution in [2.45, 2.75) is 13.3 Å². The number of hydrogen-bond acceptors (Lipinski definition) is 5. The number of anilines is 1. The van der Waals surface area contributed by atoms with Gasteiger partial charge in [-0.2, -0.15) is 5.10 Å². The van der Waals surface area contributed by atoms with E-state index in [4.69, 9.17) is 22.8 Å². The predicted octanol–water partition coefficient (Wildman–Crippen LogP) is 1.71. The van der Waals surface area contributed by atoms with Gasteiger partial charge in [-0.15, -0.1) is 0 Å². The number of benzene rings is 1. The Morgan fingerprint density at radius 3 is 2.74 bits per heavy atom. The summed E-state index contributed by atoms with van der Waals surface area (Å²) in [5.74, 6) is 7.31. The summed E-state index contributed by atoms with van der Waals surface area (Å²) in [5, 5.41) is 9.99. The lowest BCUT2D eigenvalue weighted by atomic mass is 10.3. The van der Waals surface area contributed by atoms with Crippen molar-refractivity contribution in [3.05, 3.63) is 34.9 Å². The molecular weight excluding hydrogens is 262 g/mol. The van der Waals surface area contributed by atoms with Crippen LogP contribution in [0.25, 0.3) is 0 Å². The number of hydrogen-bond donors (Lipinski definition) is 3. The van der Waals surface area contributed by atoms with Gasteiger partial charge in [0.2, 0.25) is 4.77 Å². The monoisotopic (exact) mass is 279 g/mol. The van der Waals surface area contributed by atoms with E-state index in [0.29, 0.717) is 17.8 Å². The van der Waals surface area contributed by atoms with Crippen LogP contribution in [0.1, 0.15) is 12.7 Å². The van der Waals surface area contributed by atoms with Crippen molar-refractivity contribution in [1.82, 2.24) is 14.9 Å². The highest BCUT2D eigenvalue weighted by Gasteiger charge is 2.02. The normalized spacial score (nSPS) is 10.4. The number of aromatic amines is 1. The van der Waals surface area contributed by atoms with E-state index in [1.54, 1.807) is 0 Å². The van der Waals surface area contributed by atoms with Crippen LogP contribution in [0.4, 0.5) is 5.69 Å². The summed E-state index contributed by atoms with van der Waals surface area (Å²) in [6.07, 6.45) is 0.691. The summed E-state index contributed by atoms with van der Waals surface area (Å²) in [5.41, 5.74) is 1.03. The third-order valence-corrected chi connectivity index (χ3v) is 2.91. The van der Waals surface area contributed by atoms with Gasteiger partial charge in [0.15, 0.2) is 5.82 Å². The minimum atomic E-state index is 0.427. The molecule has 0 radical (unpaired) electrons. The second-order valence-electron chi connectivity index (χ2n) is 3.95. The van der Waals surface area contributed by atoms with E-state index in [1.807, 2.05) is 31.2 Å². The average molecular weight is 279 g/mol. The Balaban J connectivity index is 1.85. The molecule has 19 heavy (non-hydrogen) atoms. The van der Waals surface area contributed by atoms with Crippen LogP contribution in [-0.2, 0) is 6.42 Å². The highest BCUT2D eigenvalue weighted by atomic mass is 32.1. The van der Waals surface area contributed by atoms with E-state index in [-0.39, 0.29) is 0 Å². The Hall–Kier alpha value is -2.02. The number of nitrogens with zero attached hydrogens (tertiary/aromatic N) is 2. The molecule has 0 bridgehead atoms. The molecule has 0 atom stereocenters. The van der Waals surface area contributed by atoms with E-state index in [0.717, 1.165) is 23.8 Å². The number of aromatic nitrogens is 3. The first-order valence-electron chi connectivity index (χ1n) is 6.09. The number of nitrogens with one attached hydrogen (secondary N) is 2. The van der Waals surface area contributed by atoms with Crippen LogP contribution >= 0.6 is 12.2 Å². The third kappa shape index (κ3) is 3.47. The summed E-state index contributed by atoms with van der Waals surface area (Å²) < 4.78 is 7.19. The second kappa shape index (κ2) is 6.24. The lowest BCUT2D eigenvalue weighted by Crippen LogP contribution is -2.16. The first-order chi connectivity index (χ1) is 9.20. The zero-order chi connectivity index (χ0) is 13.7. The zero-order valence-electron chi connectivity index (χ0n) is 10.7. The Bertz CT molecular complexity index is 575. The molecule has 2 aromatic rings. The molecule has 0 fully saturated rings. The maximum atomic E-state index is 5.71. The van der Waals surface area contributed by atoms with Crippen molar-refractivity contribution in [3.63, 3.8) is 0 Å². The molecule has 0 unspecified atom stereocenters. The van der Waals surface area contributed by atoms with Crippen LogP contribution in [-0.4, -0.2) is 28.0 Å².